The maximum Gasteiger partial charge on any atom is 0.124 e. The average Bonchev–Trinajstić information content (AvgIpc) is 2.74. The number of nitrogens with zero attached hydrogens (tertiary/aromatic N) is 2. The maximum absolute atomic E-state index is 6.10. The highest BCUT2D eigenvalue weighted by molar-refractivity contribution is 6.30. The van der Waals surface area contributed by atoms with Gasteiger partial charge in [-0.15, -0.1) is 0 Å². The molecule has 1 aliphatic heterocycles. The number of halogens is 1. The summed E-state index contributed by atoms with van der Waals surface area (Å²) in [4.78, 5) is 0. The Morgan fingerprint density at radius 1 is 1.40 bits per heavy atom. The number of rotatable bonds is 3. The molecular formula is C14H16ClN3O2. The van der Waals surface area contributed by atoms with E-state index in [1.807, 2.05) is 25.1 Å². The van der Waals surface area contributed by atoms with E-state index in [1.165, 1.54) is 0 Å². The largest absolute Gasteiger partial charge is 0.493 e. The van der Waals surface area contributed by atoms with Gasteiger partial charge in [0.05, 0.1) is 6.61 Å². The van der Waals surface area contributed by atoms with Crippen molar-refractivity contribution in [3.63, 3.8) is 0 Å². The number of nitrogens with one attached hydrogen (secondary N) is 1. The van der Waals surface area contributed by atoms with Gasteiger partial charge in [-0.3, -0.25) is 0 Å². The summed E-state index contributed by atoms with van der Waals surface area (Å²) in [6.45, 7) is 3.23. The topological polar surface area (TPSA) is 60.2 Å². The molecule has 0 fully saturated rings. The predicted molar refractivity (Wildman–Crippen MR) is 74.8 cm³/mol. The Bertz CT molecular complexity index is 600. The summed E-state index contributed by atoms with van der Waals surface area (Å²) in [6, 6.07) is 5.95. The first-order valence-electron chi connectivity index (χ1n) is 6.67. The second-order valence-corrected chi connectivity index (χ2v) is 5.34. The van der Waals surface area contributed by atoms with Crippen LogP contribution in [0.2, 0.25) is 5.02 Å². The molecule has 0 spiro atoms. The third kappa shape index (κ3) is 2.78. The molecule has 0 saturated carbocycles. The quantitative estimate of drug-likeness (QED) is 0.942. The number of benzene rings is 1. The van der Waals surface area contributed by atoms with Gasteiger partial charge in [0.25, 0.3) is 0 Å². The monoisotopic (exact) mass is 293 g/mol. The van der Waals surface area contributed by atoms with Crippen molar-refractivity contribution in [2.24, 2.45) is 0 Å². The summed E-state index contributed by atoms with van der Waals surface area (Å²) >= 11 is 6.10. The minimum Gasteiger partial charge on any atom is -0.493 e. The van der Waals surface area contributed by atoms with Crippen LogP contribution in [-0.2, 0) is 6.54 Å². The zero-order chi connectivity index (χ0) is 13.9. The average molecular weight is 294 g/mol. The normalized spacial score (nSPS) is 18.2. The molecule has 1 unspecified atom stereocenters. The molecule has 1 N–H and O–H groups in total. The minimum absolute atomic E-state index is 0.197. The highest BCUT2D eigenvalue weighted by Gasteiger charge is 2.20. The van der Waals surface area contributed by atoms with Gasteiger partial charge < -0.3 is 10.1 Å². The van der Waals surface area contributed by atoms with Crippen LogP contribution in [0.15, 0.2) is 22.8 Å². The van der Waals surface area contributed by atoms with E-state index in [0.717, 1.165) is 47.2 Å². The van der Waals surface area contributed by atoms with E-state index in [1.54, 1.807) is 0 Å². The molecule has 2 heterocycles. The summed E-state index contributed by atoms with van der Waals surface area (Å²) in [6.07, 6.45) is 2.00. The summed E-state index contributed by atoms with van der Waals surface area (Å²) in [5.41, 5.74) is 2.75. The fourth-order valence-electron chi connectivity index (χ4n) is 2.39. The van der Waals surface area contributed by atoms with Gasteiger partial charge >= 0.3 is 0 Å². The van der Waals surface area contributed by atoms with E-state index in [-0.39, 0.29) is 6.04 Å². The molecule has 106 valence electrons. The third-order valence-corrected chi connectivity index (χ3v) is 3.74. The van der Waals surface area contributed by atoms with Crippen LogP contribution in [0.4, 0.5) is 0 Å². The highest BCUT2D eigenvalue weighted by Crippen LogP contribution is 2.33. The fourth-order valence-corrected chi connectivity index (χ4v) is 2.57. The molecule has 0 radical (unpaired) electrons. The Morgan fingerprint density at radius 2 is 2.30 bits per heavy atom. The second-order valence-electron chi connectivity index (χ2n) is 4.90. The molecule has 0 aliphatic carbocycles. The number of ether oxygens (including phenoxy) is 1. The summed E-state index contributed by atoms with van der Waals surface area (Å²) in [7, 11) is 0. The fraction of sp³-hybridized carbons (Fsp3) is 0.429. The predicted octanol–water partition coefficient (Wildman–Crippen LogP) is 3.03. The molecule has 5 nitrogen and oxygen atoms in total. The Balaban J connectivity index is 1.79. The molecular weight excluding hydrogens is 278 g/mol. The number of fused-ring (bicyclic) bond motifs is 1. The second kappa shape index (κ2) is 5.81. The lowest BCUT2D eigenvalue weighted by atomic mass is 10.0. The smallest absolute Gasteiger partial charge is 0.124 e. The standard InChI is InChI=1S/C14H16ClN3O2/c1-9-13(18-20-17-9)8-16-12-3-2-6-19-14-5-4-10(15)7-11(12)14/h4-5,7,12,16H,2-3,6,8H2,1H3. The van der Waals surface area contributed by atoms with E-state index < -0.39 is 0 Å². The van der Waals surface area contributed by atoms with Gasteiger partial charge in [0.15, 0.2) is 0 Å². The Labute approximate surface area is 122 Å². The van der Waals surface area contributed by atoms with Crippen LogP contribution >= 0.6 is 11.6 Å². The summed E-state index contributed by atoms with van der Waals surface area (Å²) < 4.78 is 10.5. The van der Waals surface area contributed by atoms with Crippen molar-refractivity contribution in [3.8, 4) is 5.75 Å². The molecule has 1 aromatic heterocycles. The lowest BCUT2D eigenvalue weighted by Crippen LogP contribution is -2.21. The van der Waals surface area contributed by atoms with E-state index in [4.69, 9.17) is 21.0 Å². The van der Waals surface area contributed by atoms with Crippen LogP contribution in [0.5, 0.6) is 5.75 Å². The summed E-state index contributed by atoms with van der Waals surface area (Å²) in [5, 5.41) is 11.9. The molecule has 1 aliphatic rings. The number of hydrogen-bond donors (Lipinski definition) is 1. The molecule has 1 aromatic carbocycles. The zero-order valence-corrected chi connectivity index (χ0v) is 12.0. The minimum atomic E-state index is 0.197. The van der Waals surface area contributed by atoms with Crippen molar-refractivity contribution < 1.29 is 9.37 Å². The first kappa shape index (κ1) is 13.4. The summed E-state index contributed by atoms with van der Waals surface area (Å²) in [5.74, 6) is 0.902. The van der Waals surface area contributed by atoms with Crippen molar-refractivity contribution in [2.45, 2.75) is 32.4 Å². The van der Waals surface area contributed by atoms with Crippen LogP contribution in [0.1, 0.15) is 35.8 Å². The molecule has 0 bridgehead atoms. The van der Waals surface area contributed by atoms with Crippen molar-refractivity contribution in [1.82, 2.24) is 15.6 Å². The van der Waals surface area contributed by atoms with Crippen molar-refractivity contribution in [2.75, 3.05) is 6.61 Å². The van der Waals surface area contributed by atoms with Gasteiger partial charge in [0.1, 0.15) is 17.1 Å². The molecule has 1 atom stereocenters. The van der Waals surface area contributed by atoms with Crippen LogP contribution in [0, 0.1) is 6.92 Å². The Kier molecular flexibility index (Phi) is 3.89. The van der Waals surface area contributed by atoms with Crippen LogP contribution in [0.25, 0.3) is 0 Å². The van der Waals surface area contributed by atoms with Crippen molar-refractivity contribution in [1.29, 1.82) is 0 Å². The molecule has 20 heavy (non-hydrogen) atoms. The molecule has 0 amide bonds. The first-order chi connectivity index (χ1) is 9.74. The number of hydrogen-bond acceptors (Lipinski definition) is 5. The Hall–Kier alpha value is -1.59. The van der Waals surface area contributed by atoms with Crippen LogP contribution in [0.3, 0.4) is 0 Å². The van der Waals surface area contributed by atoms with E-state index in [0.29, 0.717) is 6.54 Å². The lowest BCUT2D eigenvalue weighted by molar-refractivity contribution is 0.299. The van der Waals surface area contributed by atoms with Gasteiger partial charge in [-0.2, -0.15) is 0 Å². The van der Waals surface area contributed by atoms with Crippen molar-refractivity contribution in [3.05, 3.63) is 40.2 Å². The van der Waals surface area contributed by atoms with E-state index >= 15 is 0 Å². The van der Waals surface area contributed by atoms with Crippen molar-refractivity contribution >= 4 is 11.6 Å². The van der Waals surface area contributed by atoms with Gasteiger partial charge in [-0.25, -0.2) is 4.63 Å². The maximum atomic E-state index is 6.10. The number of aryl methyl sites for hydroxylation is 1. The lowest BCUT2D eigenvalue weighted by Gasteiger charge is -2.18. The van der Waals surface area contributed by atoms with Crippen LogP contribution < -0.4 is 10.1 Å². The van der Waals surface area contributed by atoms with Gasteiger partial charge in [-0.1, -0.05) is 21.9 Å². The zero-order valence-electron chi connectivity index (χ0n) is 11.2. The number of aromatic nitrogens is 2. The molecule has 6 heteroatoms. The first-order valence-corrected chi connectivity index (χ1v) is 7.05. The van der Waals surface area contributed by atoms with Gasteiger partial charge in [0, 0.05) is 23.2 Å². The van der Waals surface area contributed by atoms with Gasteiger partial charge in [0.2, 0.25) is 0 Å². The molecule has 2 aromatic rings. The third-order valence-electron chi connectivity index (χ3n) is 3.50. The SMILES string of the molecule is Cc1nonc1CNC1CCCOc2ccc(Cl)cc21. The van der Waals surface area contributed by atoms with E-state index in [9.17, 15) is 0 Å². The molecule has 0 saturated heterocycles. The van der Waals surface area contributed by atoms with Gasteiger partial charge in [-0.05, 0) is 38.0 Å². The van der Waals surface area contributed by atoms with E-state index in [2.05, 4.69) is 15.6 Å². The Morgan fingerprint density at radius 3 is 3.10 bits per heavy atom. The van der Waals surface area contributed by atoms with Crippen LogP contribution in [-0.4, -0.2) is 16.9 Å². The molecule has 3 rings (SSSR count). The highest BCUT2D eigenvalue weighted by atomic mass is 35.5.